The molecule has 0 N–H and O–H groups in total. The number of aromatic nitrogens is 3. The van der Waals surface area contributed by atoms with E-state index in [1.807, 2.05) is 34.2 Å². The van der Waals surface area contributed by atoms with Gasteiger partial charge in [0.25, 0.3) is 0 Å². The lowest BCUT2D eigenvalue weighted by Crippen LogP contribution is -1.89. The molecule has 4 heteroatoms. The summed E-state index contributed by atoms with van der Waals surface area (Å²) in [6, 6.07) is 7.94. The summed E-state index contributed by atoms with van der Waals surface area (Å²) in [5.41, 5.74) is 1.99. The average Bonchev–Trinajstić information content (AvgIpc) is 2.85. The topological polar surface area (TPSA) is 30.7 Å². The van der Waals surface area contributed by atoms with E-state index in [4.69, 9.17) is 0 Å². The third kappa shape index (κ3) is 1.04. The Kier molecular flexibility index (Phi) is 1.61. The molecule has 3 aromatic rings. The first-order valence-electron chi connectivity index (χ1n) is 4.20. The quantitative estimate of drug-likeness (QED) is 0.603. The van der Waals surface area contributed by atoms with Crippen LogP contribution < -0.4 is 0 Å². The van der Waals surface area contributed by atoms with Gasteiger partial charge in [0.05, 0.1) is 11.0 Å². The summed E-state index contributed by atoms with van der Waals surface area (Å²) in [5, 5.41) is 2.84. The molecular weight excluding hydrogens is 194 g/mol. The van der Waals surface area contributed by atoms with Gasteiger partial charge in [-0.05, 0) is 12.1 Å². The van der Waals surface area contributed by atoms with E-state index in [1.54, 1.807) is 17.5 Å². The standard InChI is InChI=1S/C10H6N3S/c1-2-4-9-8(3-1)12-7-13(9)10-11-5-6-14-10/h1-6H. The highest BCUT2D eigenvalue weighted by Crippen LogP contribution is 2.18. The van der Waals surface area contributed by atoms with Crippen LogP contribution >= 0.6 is 11.3 Å². The maximum Gasteiger partial charge on any atom is 0.195 e. The first-order chi connectivity index (χ1) is 6.95. The van der Waals surface area contributed by atoms with Crippen LogP contribution in [0.25, 0.3) is 16.2 Å². The lowest BCUT2D eigenvalue weighted by molar-refractivity contribution is 1.05. The number of fused-ring (bicyclic) bond motifs is 1. The second-order valence-electron chi connectivity index (χ2n) is 2.85. The molecule has 0 aliphatic heterocycles. The van der Waals surface area contributed by atoms with Gasteiger partial charge in [0, 0.05) is 11.6 Å². The van der Waals surface area contributed by atoms with Gasteiger partial charge in [0.15, 0.2) is 11.5 Å². The van der Waals surface area contributed by atoms with Gasteiger partial charge in [0.1, 0.15) is 0 Å². The van der Waals surface area contributed by atoms with Crippen molar-refractivity contribution in [1.82, 2.24) is 14.5 Å². The molecule has 0 fully saturated rings. The Morgan fingerprint density at radius 2 is 2.21 bits per heavy atom. The number of imidazole rings is 1. The molecule has 0 bridgehead atoms. The van der Waals surface area contributed by atoms with Crippen molar-refractivity contribution in [2.24, 2.45) is 0 Å². The van der Waals surface area contributed by atoms with E-state index in [2.05, 4.69) is 16.3 Å². The molecule has 3 nitrogen and oxygen atoms in total. The van der Waals surface area contributed by atoms with E-state index < -0.39 is 0 Å². The summed E-state index contributed by atoms with van der Waals surface area (Å²) in [7, 11) is 0. The second kappa shape index (κ2) is 2.92. The van der Waals surface area contributed by atoms with Crippen LogP contribution in [0.5, 0.6) is 0 Å². The predicted octanol–water partition coefficient (Wildman–Crippen LogP) is 2.28. The molecule has 0 aliphatic carbocycles. The number of hydrogen-bond donors (Lipinski definition) is 0. The summed E-state index contributed by atoms with van der Waals surface area (Å²) in [4.78, 5) is 8.40. The Hall–Kier alpha value is -1.68. The van der Waals surface area contributed by atoms with Gasteiger partial charge in [-0.2, -0.15) is 0 Å². The normalized spacial score (nSPS) is 10.9. The molecule has 0 atom stereocenters. The zero-order chi connectivity index (χ0) is 9.38. The molecule has 1 radical (unpaired) electrons. The summed E-state index contributed by atoms with van der Waals surface area (Å²) < 4.78 is 1.88. The van der Waals surface area contributed by atoms with Gasteiger partial charge in [-0.3, -0.25) is 4.57 Å². The summed E-state index contributed by atoms with van der Waals surface area (Å²) in [6.45, 7) is 0. The van der Waals surface area contributed by atoms with E-state index in [9.17, 15) is 0 Å². The molecule has 0 amide bonds. The third-order valence-corrected chi connectivity index (χ3v) is 2.76. The number of rotatable bonds is 1. The third-order valence-electron chi connectivity index (χ3n) is 2.00. The summed E-state index contributed by atoms with van der Waals surface area (Å²) >= 11 is 1.58. The molecule has 3 rings (SSSR count). The van der Waals surface area contributed by atoms with Crippen molar-refractivity contribution in [1.29, 1.82) is 0 Å². The maximum atomic E-state index is 4.22. The molecule has 0 unspecified atom stereocenters. The van der Waals surface area contributed by atoms with Gasteiger partial charge in [-0.1, -0.05) is 12.1 Å². The van der Waals surface area contributed by atoms with Gasteiger partial charge in [-0.25, -0.2) is 9.97 Å². The molecule has 67 valence electrons. The largest absolute Gasteiger partial charge is 0.265 e. The van der Waals surface area contributed by atoms with Crippen LogP contribution in [0.4, 0.5) is 0 Å². The molecule has 2 heterocycles. The highest BCUT2D eigenvalue weighted by molar-refractivity contribution is 7.12. The smallest absolute Gasteiger partial charge is 0.195 e. The molecule has 1 aromatic carbocycles. The minimum absolute atomic E-state index is 0.902. The predicted molar refractivity (Wildman–Crippen MR) is 55.6 cm³/mol. The van der Waals surface area contributed by atoms with Crippen molar-refractivity contribution in [3.05, 3.63) is 42.2 Å². The van der Waals surface area contributed by atoms with E-state index in [0.29, 0.717) is 0 Å². The van der Waals surface area contributed by atoms with Gasteiger partial charge in [-0.15, -0.1) is 11.3 Å². The van der Waals surface area contributed by atoms with Crippen molar-refractivity contribution in [2.75, 3.05) is 0 Å². The fraction of sp³-hybridized carbons (Fsp3) is 0. The Bertz CT molecular complexity index is 554. The Morgan fingerprint density at radius 3 is 3.07 bits per heavy atom. The zero-order valence-corrected chi connectivity index (χ0v) is 8.03. The number of thiazole rings is 1. The molecule has 0 aliphatic rings. The lowest BCUT2D eigenvalue weighted by atomic mass is 10.3. The Balaban J connectivity index is 2.33. The molecular formula is C10H6N3S. The first kappa shape index (κ1) is 7.70. The zero-order valence-electron chi connectivity index (χ0n) is 7.21. The van der Waals surface area contributed by atoms with E-state index in [-0.39, 0.29) is 0 Å². The number of hydrogen-bond acceptors (Lipinski definition) is 3. The maximum absolute atomic E-state index is 4.22. The van der Waals surface area contributed by atoms with Crippen LogP contribution in [0.15, 0.2) is 35.8 Å². The number of benzene rings is 1. The number of nitrogens with zero attached hydrogens (tertiary/aromatic N) is 3. The average molecular weight is 200 g/mol. The molecule has 0 saturated carbocycles. The van der Waals surface area contributed by atoms with E-state index in [1.165, 1.54) is 0 Å². The van der Waals surface area contributed by atoms with Crippen molar-refractivity contribution < 1.29 is 0 Å². The van der Waals surface area contributed by atoms with Crippen LogP contribution in [0.3, 0.4) is 0 Å². The fourth-order valence-corrected chi connectivity index (χ4v) is 1.99. The second-order valence-corrected chi connectivity index (χ2v) is 3.72. The van der Waals surface area contributed by atoms with Crippen molar-refractivity contribution in [3.63, 3.8) is 0 Å². The minimum atomic E-state index is 0.902. The molecule has 14 heavy (non-hydrogen) atoms. The van der Waals surface area contributed by atoms with Gasteiger partial charge < -0.3 is 0 Å². The summed E-state index contributed by atoms with van der Waals surface area (Å²) in [6.07, 6.45) is 4.71. The lowest BCUT2D eigenvalue weighted by Gasteiger charge is -1.96. The van der Waals surface area contributed by atoms with E-state index in [0.717, 1.165) is 16.2 Å². The van der Waals surface area contributed by atoms with E-state index >= 15 is 0 Å². The Labute approximate surface area is 84.7 Å². The number of para-hydroxylation sites is 2. The molecule has 2 aromatic heterocycles. The van der Waals surface area contributed by atoms with Gasteiger partial charge in [0.2, 0.25) is 0 Å². The highest BCUT2D eigenvalue weighted by Gasteiger charge is 2.05. The van der Waals surface area contributed by atoms with Crippen LogP contribution in [0.2, 0.25) is 0 Å². The van der Waals surface area contributed by atoms with Crippen LogP contribution in [0, 0.1) is 6.33 Å². The monoisotopic (exact) mass is 200 g/mol. The fourth-order valence-electron chi connectivity index (χ4n) is 1.38. The summed E-state index contributed by atoms with van der Waals surface area (Å²) in [5.74, 6) is 0. The molecule has 0 saturated heterocycles. The SMILES string of the molecule is [c]1nc2ccccc2n1-c1nccs1. The van der Waals surface area contributed by atoms with Crippen molar-refractivity contribution >= 4 is 22.4 Å². The van der Waals surface area contributed by atoms with Gasteiger partial charge >= 0.3 is 0 Å². The van der Waals surface area contributed by atoms with Crippen LogP contribution in [0.1, 0.15) is 0 Å². The van der Waals surface area contributed by atoms with Crippen molar-refractivity contribution in [2.45, 2.75) is 0 Å². The first-order valence-corrected chi connectivity index (χ1v) is 5.08. The molecule has 0 spiro atoms. The van der Waals surface area contributed by atoms with Crippen molar-refractivity contribution in [3.8, 4) is 5.13 Å². The minimum Gasteiger partial charge on any atom is -0.265 e. The highest BCUT2D eigenvalue weighted by atomic mass is 32.1. The van der Waals surface area contributed by atoms with Crippen LogP contribution in [-0.4, -0.2) is 14.5 Å². The Morgan fingerprint density at radius 1 is 1.29 bits per heavy atom. The van der Waals surface area contributed by atoms with Crippen LogP contribution in [-0.2, 0) is 0 Å².